The molecule has 0 bridgehead atoms. The zero-order chi connectivity index (χ0) is 22.5. The predicted molar refractivity (Wildman–Crippen MR) is 125 cm³/mol. The van der Waals surface area contributed by atoms with Gasteiger partial charge in [-0.1, -0.05) is 30.3 Å². The first-order chi connectivity index (χ1) is 15.6. The summed E-state index contributed by atoms with van der Waals surface area (Å²) in [5, 5.41) is 4.08. The minimum Gasteiger partial charge on any atom is -0.497 e. The lowest BCUT2D eigenvalue weighted by Gasteiger charge is -2.12. The highest BCUT2D eigenvalue weighted by molar-refractivity contribution is 7.20. The molecule has 0 atom stereocenters. The van der Waals surface area contributed by atoms with E-state index in [0.29, 0.717) is 40.1 Å². The van der Waals surface area contributed by atoms with Gasteiger partial charge < -0.3 is 19.5 Å². The Morgan fingerprint density at radius 3 is 2.62 bits per heavy atom. The lowest BCUT2D eigenvalue weighted by atomic mass is 10.2. The zero-order valence-electron chi connectivity index (χ0n) is 18.0. The van der Waals surface area contributed by atoms with Crippen LogP contribution in [-0.4, -0.2) is 36.8 Å². The van der Waals surface area contributed by atoms with E-state index in [1.54, 1.807) is 20.3 Å². The van der Waals surface area contributed by atoms with Gasteiger partial charge in [0.15, 0.2) is 0 Å². The van der Waals surface area contributed by atoms with Crippen LogP contribution in [0.3, 0.4) is 0 Å². The molecule has 0 aliphatic carbocycles. The van der Waals surface area contributed by atoms with Crippen molar-refractivity contribution in [3.63, 3.8) is 0 Å². The van der Waals surface area contributed by atoms with Gasteiger partial charge in [0.05, 0.1) is 31.9 Å². The Bertz CT molecular complexity index is 1240. The van der Waals surface area contributed by atoms with E-state index in [-0.39, 0.29) is 5.97 Å². The number of nitrogens with one attached hydrogen (secondary N) is 1. The van der Waals surface area contributed by atoms with E-state index in [1.165, 1.54) is 17.7 Å². The molecule has 0 aliphatic heterocycles. The smallest absolute Gasteiger partial charge is 0.348 e. The average Bonchev–Trinajstić information content (AvgIpc) is 3.17. The van der Waals surface area contributed by atoms with Gasteiger partial charge in [-0.3, -0.25) is 0 Å². The van der Waals surface area contributed by atoms with Crippen molar-refractivity contribution in [3.8, 4) is 11.5 Å². The molecule has 0 saturated heterocycles. The molecular weight excluding hydrogens is 426 g/mol. The SMILES string of the molecule is COc1ccc(Nc2ncnc3sc(C(=O)OCCc4ccccc4)c(C)c23)c(OC)c1. The third kappa shape index (κ3) is 4.50. The van der Waals surface area contributed by atoms with Crippen LogP contribution >= 0.6 is 11.3 Å². The lowest BCUT2D eigenvalue weighted by molar-refractivity contribution is 0.0514. The Hall–Kier alpha value is -3.65. The minimum absolute atomic E-state index is 0.316. The fourth-order valence-electron chi connectivity index (χ4n) is 3.36. The summed E-state index contributed by atoms with van der Waals surface area (Å²) in [6.07, 6.45) is 2.14. The van der Waals surface area contributed by atoms with Crippen molar-refractivity contribution in [1.82, 2.24) is 9.97 Å². The van der Waals surface area contributed by atoms with Crippen LogP contribution in [0.4, 0.5) is 11.5 Å². The first-order valence-corrected chi connectivity index (χ1v) is 10.9. The summed E-state index contributed by atoms with van der Waals surface area (Å²) < 4.78 is 16.3. The number of fused-ring (bicyclic) bond motifs is 1. The number of anilines is 2. The summed E-state index contributed by atoms with van der Waals surface area (Å²) in [5.41, 5.74) is 2.63. The highest BCUT2D eigenvalue weighted by atomic mass is 32.1. The van der Waals surface area contributed by atoms with Gasteiger partial charge in [-0.15, -0.1) is 11.3 Å². The minimum atomic E-state index is -0.352. The molecule has 2 aromatic carbocycles. The Balaban J connectivity index is 1.57. The summed E-state index contributed by atoms with van der Waals surface area (Å²) >= 11 is 1.30. The van der Waals surface area contributed by atoms with Crippen LogP contribution in [0.1, 0.15) is 20.8 Å². The number of rotatable bonds is 8. The molecule has 4 aromatic rings. The van der Waals surface area contributed by atoms with E-state index in [9.17, 15) is 4.79 Å². The number of nitrogens with zero attached hydrogens (tertiary/aromatic N) is 2. The number of hydrogen-bond acceptors (Lipinski definition) is 8. The average molecular weight is 450 g/mol. The molecule has 0 fully saturated rings. The predicted octanol–water partition coefficient (Wildman–Crippen LogP) is 5.16. The Morgan fingerprint density at radius 2 is 1.88 bits per heavy atom. The van der Waals surface area contributed by atoms with E-state index in [2.05, 4.69) is 15.3 Å². The van der Waals surface area contributed by atoms with Crippen molar-refractivity contribution in [2.45, 2.75) is 13.3 Å². The van der Waals surface area contributed by atoms with E-state index in [1.807, 2.05) is 49.4 Å². The number of carbonyl (C=O) groups excluding carboxylic acids is 1. The van der Waals surface area contributed by atoms with Crippen LogP contribution in [0.5, 0.6) is 11.5 Å². The molecular formula is C24H23N3O4S. The lowest BCUT2D eigenvalue weighted by Crippen LogP contribution is -2.07. The molecule has 0 spiro atoms. The molecule has 164 valence electrons. The van der Waals surface area contributed by atoms with Gasteiger partial charge in [0, 0.05) is 12.5 Å². The number of thiophene rings is 1. The number of hydrogen-bond donors (Lipinski definition) is 1. The van der Waals surface area contributed by atoms with E-state index < -0.39 is 0 Å². The van der Waals surface area contributed by atoms with Crippen molar-refractivity contribution in [3.05, 3.63) is 70.9 Å². The summed E-state index contributed by atoms with van der Waals surface area (Å²) in [7, 11) is 3.19. The monoisotopic (exact) mass is 449 g/mol. The largest absolute Gasteiger partial charge is 0.497 e. The van der Waals surface area contributed by atoms with Gasteiger partial charge in [0.2, 0.25) is 0 Å². The molecule has 8 heteroatoms. The van der Waals surface area contributed by atoms with Crippen LogP contribution < -0.4 is 14.8 Å². The molecule has 32 heavy (non-hydrogen) atoms. The first-order valence-electron chi connectivity index (χ1n) is 10.0. The highest BCUT2D eigenvalue weighted by Gasteiger charge is 2.21. The van der Waals surface area contributed by atoms with E-state index in [4.69, 9.17) is 14.2 Å². The maximum Gasteiger partial charge on any atom is 0.348 e. The van der Waals surface area contributed by atoms with Gasteiger partial charge in [-0.05, 0) is 30.2 Å². The Kier molecular flexibility index (Phi) is 6.51. The van der Waals surface area contributed by atoms with Crippen molar-refractivity contribution < 1.29 is 19.0 Å². The number of esters is 1. The molecule has 1 N–H and O–H groups in total. The number of ether oxygens (including phenoxy) is 3. The van der Waals surface area contributed by atoms with E-state index in [0.717, 1.165) is 22.2 Å². The molecule has 0 amide bonds. The van der Waals surface area contributed by atoms with Gasteiger partial charge in [0.25, 0.3) is 0 Å². The fraction of sp³-hybridized carbons (Fsp3) is 0.208. The maximum absolute atomic E-state index is 12.8. The van der Waals surface area contributed by atoms with Gasteiger partial charge >= 0.3 is 5.97 Å². The molecule has 7 nitrogen and oxygen atoms in total. The topological polar surface area (TPSA) is 82.6 Å². The Labute approximate surface area is 190 Å². The van der Waals surface area contributed by atoms with Crippen LogP contribution in [0, 0.1) is 6.92 Å². The fourth-order valence-corrected chi connectivity index (χ4v) is 4.40. The molecule has 2 heterocycles. The van der Waals surface area contributed by atoms with Gasteiger partial charge in [-0.2, -0.15) is 0 Å². The number of methoxy groups -OCH3 is 2. The highest BCUT2D eigenvalue weighted by Crippen LogP contribution is 2.37. The molecule has 0 unspecified atom stereocenters. The Morgan fingerprint density at radius 1 is 1.06 bits per heavy atom. The van der Waals surface area contributed by atoms with Crippen molar-refractivity contribution in [2.75, 3.05) is 26.1 Å². The third-order valence-corrected chi connectivity index (χ3v) is 6.22. The van der Waals surface area contributed by atoms with E-state index >= 15 is 0 Å². The summed E-state index contributed by atoms with van der Waals surface area (Å²) in [4.78, 5) is 22.7. The molecule has 0 radical (unpaired) electrons. The van der Waals surface area contributed by atoms with Crippen LogP contribution in [0.25, 0.3) is 10.2 Å². The second kappa shape index (κ2) is 9.65. The number of carbonyl (C=O) groups is 1. The van der Waals surface area contributed by atoms with Gasteiger partial charge in [0.1, 0.15) is 33.4 Å². The van der Waals surface area contributed by atoms with Crippen LogP contribution in [-0.2, 0) is 11.2 Å². The number of aryl methyl sites for hydroxylation is 1. The molecule has 0 saturated carbocycles. The van der Waals surface area contributed by atoms with Crippen molar-refractivity contribution in [2.24, 2.45) is 0 Å². The second-order valence-corrected chi connectivity index (χ2v) is 8.02. The molecule has 4 rings (SSSR count). The zero-order valence-corrected chi connectivity index (χ0v) is 18.9. The number of benzene rings is 2. The van der Waals surface area contributed by atoms with Crippen molar-refractivity contribution >= 4 is 39.0 Å². The quantitative estimate of drug-likeness (QED) is 0.372. The summed E-state index contributed by atoms with van der Waals surface area (Å²) in [6.45, 7) is 2.20. The van der Waals surface area contributed by atoms with Crippen LogP contribution in [0.2, 0.25) is 0 Å². The first kappa shape index (κ1) is 21.6. The normalized spacial score (nSPS) is 10.7. The maximum atomic E-state index is 12.8. The summed E-state index contributed by atoms with van der Waals surface area (Å²) in [5.74, 6) is 1.54. The molecule has 2 aromatic heterocycles. The standard InChI is InChI=1S/C24H23N3O4S/c1-15-20-22(27-18-10-9-17(29-2)13-19(18)30-3)25-14-26-23(20)32-21(15)24(28)31-12-11-16-7-5-4-6-8-16/h4-10,13-14H,11-12H2,1-3H3,(H,25,26,27). The van der Waals surface area contributed by atoms with Crippen LogP contribution in [0.15, 0.2) is 54.9 Å². The third-order valence-electron chi connectivity index (χ3n) is 5.04. The molecule has 0 aliphatic rings. The summed E-state index contributed by atoms with van der Waals surface area (Å²) in [6, 6.07) is 15.4. The van der Waals surface area contributed by atoms with Gasteiger partial charge in [-0.25, -0.2) is 14.8 Å². The number of aromatic nitrogens is 2. The second-order valence-electron chi connectivity index (χ2n) is 7.02. The van der Waals surface area contributed by atoms with Crippen molar-refractivity contribution in [1.29, 1.82) is 0 Å².